The summed E-state index contributed by atoms with van der Waals surface area (Å²) in [6.07, 6.45) is 6.49. The van der Waals surface area contributed by atoms with Gasteiger partial charge >= 0.3 is 0 Å². The van der Waals surface area contributed by atoms with Gasteiger partial charge in [0.15, 0.2) is 5.82 Å². The Morgan fingerprint density at radius 2 is 2.07 bits per heavy atom. The van der Waals surface area contributed by atoms with Crippen LogP contribution in [0.1, 0.15) is 30.9 Å². The molecule has 3 N–H and O–H groups in total. The van der Waals surface area contributed by atoms with Crippen LogP contribution in [0.25, 0.3) is 16.6 Å². The zero-order valence-corrected chi connectivity index (χ0v) is 16.1. The largest absolute Gasteiger partial charge is 0.404 e. The first-order valence-corrected chi connectivity index (χ1v) is 8.80. The highest BCUT2D eigenvalue weighted by Crippen LogP contribution is 2.29. The van der Waals surface area contributed by atoms with Crippen LogP contribution in [0, 0.1) is 0 Å². The average Bonchev–Trinajstić information content (AvgIpc) is 2.67. The van der Waals surface area contributed by atoms with E-state index in [2.05, 4.69) is 44.3 Å². The number of allylic oxidation sites excluding steroid dienone is 1. The van der Waals surface area contributed by atoms with Crippen LogP contribution in [0.5, 0.6) is 0 Å². The minimum absolute atomic E-state index is 0.355. The number of pyridine rings is 2. The quantitative estimate of drug-likeness (QED) is 0.649. The van der Waals surface area contributed by atoms with E-state index in [1.165, 1.54) is 6.20 Å². The van der Waals surface area contributed by atoms with Gasteiger partial charge in [0, 0.05) is 36.8 Å². The molecule has 27 heavy (non-hydrogen) atoms. The Labute approximate surface area is 162 Å². The van der Waals surface area contributed by atoms with Crippen molar-refractivity contribution in [1.82, 2.24) is 20.2 Å². The molecule has 0 spiro atoms. The first kappa shape index (κ1) is 18.7. The molecule has 138 valence electrons. The Morgan fingerprint density at radius 1 is 1.26 bits per heavy atom. The predicted octanol–water partition coefficient (Wildman–Crippen LogP) is 3.94. The number of rotatable bonds is 5. The summed E-state index contributed by atoms with van der Waals surface area (Å²) in [6, 6.07) is 5.62. The van der Waals surface area contributed by atoms with E-state index in [4.69, 9.17) is 17.3 Å². The van der Waals surface area contributed by atoms with E-state index in [0.29, 0.717) is 44.7 Å². The van der Waals surface area contributed by atoms with E-state index in [9.17, 15) is 0 Å². The van der Waals surface area contributed by atoms with Gasteiger partial charge in [0.2, 0.25) is 0 Å². The minimum Gasteiger partial charge on any atom is -0.404 e. The van der Waals surface area contributed by atoms with Crippen molar-refractivity contribution < 1.29 is 0 Å². The molecule has 0 bridgehead atoms. The summed E-state index contributed by atoms with van der Waals surface area (Å²) in [6.45, 7) is 4.20. The lowest BCUT2D eigenvalue weighted by Gasteiger charge is -2.10. The maximum absolute atomic E-state index is 6.58. The molecule has 3 heterocycles. The molecule has 0 radical (unpaired) electrons. The fourth-order valence-corrected chi connectivity index (χ4v) is 2.83. The van der Waals surface area contributed by atoms with Crippen LogP contribution in [0.2, 0.25) is 5.02 Å². The number of fused-ring (bicyclic) bond motifs is 1. The molecule has 7 nitrogen and oxygen atoms in total. The second-order valence-corrected chi connectivity index (χ2v) is 6.59. The fourth-order valence-electron chi connectivity index (χ4n) is 2.54. The molecule has 8 heteroatoms. The first-order chi connectivity index (χ1) is 13.0. The van der Waals surface area contributed by atoms with Crippen LogP contribution < -0.4 is 11.1 Å². The molecule has 3 aromatic heterocycles. The highest BCUT2D eigenvalue weighted by Gasteiger charge is 2.12. The predicted molar refractivity (Wildman–Crippen MR) is 111 cm³/mol. The Bertz CT molecular complexity index is 1030. The number of anilines is 2. The molecule has 3 rings (SSSR count). The van der Waals surface area contributed by atoms with E-state index >= 15 is 0 Å². The number of aromatic nitrogens is 4. The van der Waals surface area contributed by atoms with Crippen LogP contribution in [0.4, 0.5) is 11.6 Å². The van der Waals surface area contributed by atoms with E-state index in [-0.39, 0.29) is 0 Å². The van der Waals surface area contributed by atoms with E-state index < -0.39 is 0 Å². The minimum atomic E-state index is 0.355. The number of aliphatic imine (C=N–C) groups is 1. The van der Waals surface area contributed by atoms with E-state index in [0.717, 1.165) is 5.56 Å². The number of hydrogen-bond acceptors (Lipinski definition) is 7. The highest BCUT2D eigenvalue weighted by molar-refractivity contribution is 6.37. The summed E-state index contributed by atoms with van der Waals surface area (Å²) in [5.41, 5.74) is 9.37. The third-order valence-corrected chi connectivity index (χ3v) is 4.39. The van der Waals surface area contributed by atoms with Gasteiger partial charge in [-0.25, -0.2) is 4.98 Å². The molecule has 0 aliphatic carbocycles. The maximum atomic E-state index is 6.58. The summed E-state index contributed by atoms with van der Waals surface area (Å²) in [7, 11) is 1.67. The lowest BCUT2D eigenvalue weighted by atomic mass is 10.1. The molecule has 0 aliphatic rings. The van der Waals surface area contributed by atoms with E-state index in [1.54, 1.807) is 25.7 Å². The zero-order valence-electron chi connectivity index (χ0n) is 15.3. The molecule has 0 amide bonds. The van der Waals surface area contributed by atoms with Gasteiger partial charge in [-0.1, -0.05) is 25.4 Å². The van der Waals surface area contributed by atoms with Crippen LogP contribution in [-0.4, -0.2) is 33.4 Å². The third-order valence-electron chi connectivity index (χ3n) is 4.01. The molecule has 3 aromatic rings. The molecule has 0 aliphatic heterocycles. The first-order valence-electron chi connectivity index (χ1n) is 8.42. The fraction of sp³-hybridized carbons (Fsp3) is 0.211. The second-order valence-electron chi connectivity index (χ2n) is 6.21. The Morgan fingerprint density at radius 3 is 2.78 bits per heavy atom. The van der Waals surface area contributed by atoms with Gasteiger partial charge < -0.3 is 11.1 Å². The molecule has 0 unspecified atom stereocenters. The van der Waals surface area contributed by atoms with Crippen molar-refractivity contribution in [3.8, 4) is 0 Å². The SMILES string of the molecule is CN=CC(=CN)c1cnc2ccc(Nc3cc(C(C)C)cnn3)nc2c1Cl. The highest BCUT2D eigenvalue weighted by atomic mass is 35.5. The maximum Gasteiger partial charge on any atom is 0.154 e. The van der Waals surface area contributed by atoms with Crippen LogP contribution in [0.3, 0.4) is 0 Å². The van der Waals surface area contributed by atoms with Crippen molar-refractivity contribution in [3.05, 3.63) is 52.9 Å². The summed E-state index contributed by atoms with van der Waals surface area (Å²) in [5, 5.41) is 11.8. The molecule has 0 fully saturated rings. The summed E-state index contributed by atoms with van der Waals surface area (Å²) in [5.74, 6) is 1.57. The molecule has 0 saturated heterocycles. The van der Waals surface area contributed by atoms with Crippen LogP contribution in [0.15, 0.2) is 41.8 Å². The lowest BCUT2D eigenvalue weighted by Crippen LogP contribution is -2.01. The molecular formula is C19H20ClN7. The monoisotopic (exact) mass is 381 g/mol. The Balaban J connectivity index is 2.01. The van der Waals surface area contributed by atoms with Crippen LogP contribution in [-0.2, 0) is 0 Å². The molecular weight excluding hydrogens is 362 g/mol. The number of hydrogen-bond donors (Lipinski definition) is 2. The van der Waals surface area contributed by atoms with Crippen molar-refractivity contribution in [2.24, 2.45) is 10.7 Å². The number of halogens is 1. The van der Waals surface area contributed by atoms with Gasteiger partial charge in [0.25, 0.3) is 0 Å². The number of nitrogens with two attached hydrogens (primary N) is 1. The van der Waals surface area contributed by atoms with Crippen molar-refractivity contribution in [1.29, 1.82) is 0 Å². The second kappa shape index (κ2) is 8.09. The van der Waals surface area contributed by atoms with Gasteiger partial charge in [0.1, 0.15) is 11.3 Å². The average molecular weight is 382 g/mol. The summed E-state index contributed by atoms with van der Waals surface area (Å²) >= 11 is 6.58. The van der Waals surface area contributed by atoms with Crippen molar-refractivity contribution in [3.63, 3.8) is 0 Å². The summed E-state index contributed by atoms with van der Waals surface area (Å²) in [4.78, 5) is 13.0. The molecule has 0 saturated carbocycles. The van der Waals surface area contributed by atoms with Gasteiger partial charge in [-0.2, -0.15) is 5.10 Å². The zero-order chi connectivity index (χ0) is 19.4. The number of nitrogens with zero attached hydrogens (tertiary/aromatic N) is 5. The van der Waals surface area contributed by atoms with Gasteiger partial charge in [-0.3, -0.25) is 9.98 Å². The topological polar surface area (TPSA) is 102 Å². The van der Waals surface area contributed by atoms with E-state index in [1.807, 2.05) is 18.2 Å². The number of nitrogens with one attached hydrogen (secondary N) is 1. The van der Waals surface area contributed by atoms with Crippen molar-refractivity contribution >= 4 is 46.1 Å². The third kappa shape index (κ3) is 4.03. The van der Waals surface area contributed by atoms with Gasteiger partial charge in [-0.05, 0) is 29.7 Å². The van der Waals surface area contributed by atoms with Gasteiger partial charge in [-0.15, -0.1) is 5.10 Å². The molecule has 0 atom stereocenters. The normalized spacial score (nSPS) is 12.3. The van der Waals surface area contributed by atoms with Gasteiger partial charge in [0.05, 0.1) is 16.7 Å². The summed E-state index contributed by atoms with van der Waals surface area (Å²) < 4.78 is 0. The standard InChI is InChI=1S/C19H20ClN7/c1-11(2)12-6-17(27-24-9-12)25-16-5-4-15-19(26-16)18(20)14(10-23-15)13(7-21)8-22-3/h4-11H,21H2,1-3H3,(H,25,26,27). The lowest BCUT2D eigenvalue weighted by molar-refractivity contribution is 0.843. The van der Waals surface area contributed by atoms with Crippen molar-refractivity contribution in [2.75, 3.05) is 12.4 Å². The van der Waals surface area contributed by atoms with Crippen LogP contribution >= 0.6 is 11.6 Å². The Hall–Kier alpha value is -3.06. The van der Waals surface area contributed by atoms with Crippen molar-refractivity contribution in [2.45, 2.75) is 19.8 Å². The Kier molecular flexibility index (Phi) is 5.61. The molecule has 0 aromatic carbocycles. The smallest absolute Gasteiger partial charge is 0.154 e.